The Morgan fingerprint density at radius 1 is 1.19 bits per heavy atom. The Labute approximate surface area is 95.4 Å². The van der Waals surface area contributed by atoms with E-state index in [-0.39, 0.29) is 0 Å². The van der Waals surface area contributed by atoms with Crippen molar-refractivity contribution < 1.29 is 0 Å². The van der Waals surface area contributed by atoms with Crippen LogP contribution in [0, 0.1) is 6.92 Å². The summed E-state index contributed by atoms with van der Waals surface area (Å²) in [6.07, 6.45) is 0.796. The third kappa shape index (κ3) is 2.03. The van der Waals surface area contributed by atoms with E-state index in [0.717, 1.165) is 23.5 Å². The highest BCUT2D eigenvalue weighted by Gasteiger charge is 2.05. The van der Waals surface area contributed by atoms with Crippen molar-refractivity contribution >= 4 is 5.82 Å². The lowest BCUT2D eigenvalue weighted by Crippen LogP contribution is -2.00. The van der Waals surface area contributed by atoms with Crippen LogP contribution in [0.4, 0.5) is 5.82 Å². The minimum absolute atomic E-state index is 0.533. The Balaban J connectivity index is 2.56. The second-order valence-electron chi connectivity index (χ2n) is 3.76. The first-order chi connectivity index (χ1) is 7.70. The lowest BCUT2D eigenvalue weighted by atomic mass is 10.1. The number of anilines is 1. The van der Waals surface area contributed by atoms with Gasteiger partial charge in [-0.2, -0.15) is 0 Å². The van der Waals surface area contributed by atoms with E-state index in [1.165, 1.54) is 5.56 Å². The monoisotopic (exact) mass is 213 g/mol. The number of hydrogen-bond acceptors (Lipinski definition) is 3. The average molecular weight is 213 g/mol. The predicted molar refractivity (Wildman–Crippen MR) is 66.0 cm³/mol. The van der Waals surface area contributed by atoms with Crippen LogP contribution in [0.2, 0.25) is 0 Å². The molecule has 3 heteroatoms. The Morgan fingerprint density at radius 3 is 2.62 bits per heavy atom. The molecule has 16 heavy (non-hydrogen) atoms. The number of benzene rings is 1. The van der Waals surface area contributed by atoms with E-state index in [1.54, 1.807) is 0 Å². The van der Waals surface area contributed by atoms with Crippen molar-refractivity contribution in [1.82, 2.24) is 9.97 Å². The van der Waals surface area contributed by atoms with Gasteiger partial charge in [0.15, 0.2) is 0 Å². The van der Waals surface area contributed by atoms with Crippen LogP contribution in [0.1, 0.15) is 18.3 Å². The van der Waals surface area contributed by atoms with Gasteiger partial charge in [0.1, 0.15) is 11.6 Å². The van der Waals surface area contributed by atoms with Crippen LogP contribution >= 0.6 is 0 Å². The van der Waals surface area contributed by atoms with Crippen molar-refractivity contribution in [3.05, 3.63) is 41.7 Å². The first-order valence-electron chi connectivity index (χ1n) is 5.40. The quantitative estimate of drug-likeness (QED) is 0.834. The molecule has 3 nitrogen and oxygen atoms in total. The summed E-state index contributed by atoms with van der Waals surface area (Å²) in [5.41, 5.74) is 8.99. The van der Waals surface area contributed by atoms with Gasteiger partial charge in [0.2, 0.25) is 0 Å². The van der Waals surface area contributed by atoms with E-state index in [2.05, 4.69) is 29.0 Å². The van der Waals surface area contributed by atoms with Gasteiger partial charge in [0.05, 0.1) is 5.69 Å². The molecule has 1 aromatic carbocycles. The van der Waals surface area contributed by atoms with Gasteiger partial charge in [-0.05, 0) is 12.5 Å². The van der Waals surface area contributed by atoms with Gasteiger partial charge in [0.25, 0.3) is 0 Å². The zero-order valence-corrected chi connectivity index (χ0v) is 9.57. The van der Waals surface area contributed by atoms with Crippen LogP contribution in [-0.2, 0) is 6.42 Å². The molecule has 0 aliphatic heterocycles. The summed E-state index contributed by atoms with van der Waals surface area (Å²) in [7, 11) is 0. The molecule has 0 saturated carbocycles. The van der Waals surface area contributed by atoms with Crippen LogP contribution < -0.4 is 5.73 Å². The van der Waals surface area contributed by atoms with E-state index in [4.69, 9.17) is 5.73 Å². The molecule has 1 heterocycles. The Hall–Kier alpha value is -1.90. The first-order valence-corrected chi connectivity index (χ1v) is 5.40. The zero-order chi connectivity index (χ0) is 11.5. The molecule has 2 N–H and O–H groups in total. The van der Waals surface area contributed by atoms with Crippen LogP contribution in [0.3, 0.4) is 0 Å². The SMILES string of the molecule is CCc1nc(N)cc(-c2ccccc2C)n1. The fraction of sp³-hybridized carbons (Fsp3) is 0.231. The van der Waals surface area contributed by atoms with E-state index >= 15 is 0 Å². The van der Waals surface area contributed by atoms with Crippen molar-refractivity contribution in [2.24, 2.45) is 0 Å². The van der Waals surface area contributed by atoms with Gasteiger partial charge < -0.3 is 5.73 Å². The molecule has 0 unspecified atom stereocenters. The largest absolute Gasteiger partial charge is 0.384 e. The van der Waals surface area contributed by atoms with Crippen LogP contribution in [0.5, 0.6) is 0 Å². The van der Waals surface area contributed by atoms with Crippen molar-refractivity contribution in [3.8, 4) is 11.3 Å². The molecule has 0 saturated heterocycles. The Bertz CT molecular complexity index is 506. The summed E-state index contributed by atoms with van der Waals surface area (Å²) in [6, 6.07) is 9.97. The number of aromatic nitrogens is 2. The van der Waals surface area contributed by atoms with E-state index < -0.39 is 0 Å². The van der Waals surface area contributed by atoms with Gasteiger partial charge in [0, 0.05) is 18.1 Å². The maximum absolute atomic E-state index is 5.77. The molecule has 0 fully saturated rings. The molecule has 0 radical (unpaired) electrons. The Kier molecular flexibility index (Phi) is 2.86. The summed E-state index contributed by atoms with van der Waals surface area (Å²) in [5.74, 6) is 1.32. The fourth-order valence-electron chi connectivity index (χ4n) is 1.67. The molecular weight excluding hydrogens is 198 g/mol. The van der Waals surface area contributed by atoms with Gasteiger partial charge in [-0.15, -0.1) is 0 Å². The maximum Gasteiger partial charge on any atom is 0.131 e. The van der Waals surface area contributed by atoms with Gasteiger partial charge in [-0.1, -0.05) is 31.2 Å². The summed E-state index contributed by atoms with van der Waals surface area (Å²) < 4.78 is 0. The topological polar surface area (TPSA) is 51.8 Å². The summed E-state index contributed by atoms with van der Waals surface area (Å²) >= 11 is 0. The lowest BCUT2D eigenvalue weighted by Gasteiger charge is -2.07. The van der Waals surface area contributed by atoms with E-state index in [1.807, 2.05) is 25.1 Å². The molecular formula is C13H15N3. The van der Waals surface area contributed by atoms with Crippen molar-refractivity contribution in [3.63, 3.8) is 0 Å². The number of nitrogens with two attached hydrogens (primary N) is 1. The molecule has 2 rings (SSSR count). The standard InChI is InChI=1S/C13H15N3/c1-3-13-15-11(8-12(14)16-13)10-7-5-4-6-9(10)2/h4-8H,3H2,1-2H3,(H2,14,15,16). The minimum Gasteiger partial charge on any atom is -0.384 e. The van der Waals surface area contributed by atoms with Gasteiger partial charge in [-0.25, -0.2) is 9.97 Å². The van der Waals surface area contributed by atoms with Crippen molar-refractivity contribution in [2.75, 3.05) is 5.73 Å². The number of aryl methyl sites for hydroxylation is 2. The van der Waals surface area contributed by atoms with Crippen LogP contribution in [0.25, 0.3) is 11.3 Å². The third-order valence-electron chi connectivity index (χ3n) is 2.53. The highest BCUT2D eigenvalue weighted by atomic mass is 14.9. The second-order valence-corrected chi connectivity index (χ2v) is 3.76. The average Bonchev–Trinajstić information content (AvgIpc) is 2.28. The van der Waals surface area contributed by atoms with E-state index in [9.17, 15) is 0 Å². The molecule has 82 valence electrons. The highest BCUT2D eigenvalue weighted by molar-refractivity contribution is 5.65. The molecule has 1 aromatic heterocycles. The van der Waals surface area contributed by atoms with Crippen molar-refractivity contribution in [1.29, 1.82) is 0 Å². The Morgan fingerprint density at radius 2 is 1.94 bits per heavy atom. The summed E-state index contributed by atoms with van der Waals surface area (Å²) in [6.45, 7) is 4.09. The minimum atomic E-state index is 0.533. The summed E-state index contributed by atoms with van der Waals surface area (Å²) in [4.78, 5) is 8.67. The molecule has 0 spiro atoms. The predicted octanol–water partition coefficient (Wildman–Crippen LogP) is 2.60. The molecule has 0 amide bonds. The molecule has 0 aliphatic rings. The molecule has 0 bridgehead atoms. The number of nitrogen functional groups attached to an aromatic ring is 1. The lowest BCUT2D eigenvalue weighted by molar-refractivity contribution is 0.948. The molecule has 0 aliphatic carbocycles. The fourth-order valence-corrected chi connectivity index (χ4v) is 1.67. The van der Waals surface area contributed by atoms with Crippen LogP contribution in [0.15, 0.2) is 30.3 Å². The molecule has 2 aromatic rings. The second kappa shape index (κ2) is 4.31. The van der Waals surface area contributed by atoms with Gasteiger partial charge in [-0.3, -0.25) is 0 Å². The first kappa shape index (κ1) is 10.6. The maximum atomic E-state index is 5.77. The van der Waals surface area contributed by atoms with Crippen LogP contribution in [-0.4, -0.2) is 9.97 Å². The number of nitrogens with zero attached hydrogens (tertiary/aromatic N) is 2. The zero-order valence-electron chi connectivity index (χ0n) is 9.57. The van der Waals surface area contributed by atoms with Gasteiger partial charge >= 0.3 is 0 Å². The molecule has 0 atom stereocenters. The highest BCUT2D eigenvalue weighted by Crippen LogP contribution is 2.22. The number of hydrogen-bond donors (Lipinski definition) is 1. The van der Waals surface area contributed by atoms with E-state index in [0.29, 0.717) is 5.82 Å². The van der Waals surface area contributed by atoms with Crippen molar-refractivity contribution in [2.45, 2.75) is 20.3 Å². The normalized spacial score (nSPS) is 10.4. The summed E-state index contributed by atoms with van der Waals surface area (Å²) in [5, 5.41) is 0. The number of rotatable bonds is 2. The smallest absolute Gasteiger partial charge is 0.131 e. The third-order valence-corrected chi connectivity index (χ3v) is 2.53.